The number of nitrogens with one attached hydrogen (secondary N) is 2. The predicted molar refractivity (Wildman–Crippen MR) is 62.8 cm³/mol. The van der Waals surface area contributed by atoms with Crippen LogP contribution in [0, 0.1) is 5.92 Å². The second-order valence-electron chi connectivity index (χ2n) is 4.16. The van der Waals surface area contributed by atoms with Crippen LogP contribution in [-0.4, -0.2) is 16.1 Å². The van der Waals surface area contributed by atoms with Crippen LogP contribution in [0.4, 0.5) is 0 Å². The van der Waals surface area contributed by atoms with Crippen LogP contribution in [0.25, 0.3) is 10.9 Å². The molecule has 0 saturated heterocycles. The summed E-state index contributed by atoms with van der Waals surface area (Å²) in [6.07, 6.45) is 1.78. The summed E-state index contributed by atoms with van der Waals surface area (Å²) in [4.78, 5) is 11.4. The Morgan fingerprint density at radius 2 is 2.31 bits per heavy atom. The zero-order valence-corrected chi connectivity index (χ0v) is 9.45. The molecule has 0 saturated carbocycles. The maximum Gasteiger partial charge on any atom is 0.222 e. The van der Waals surface area contributed by atoms with Crippen molar-refractivity contribution >= 4 is 16.8 Å². The van der Waals surface area contributed by atoms with Crippen molar-refractivity contribution in [3.8, 4) is 0 Å². The van der Waals surface area contributed by atoms with E-state index in [1.807, 2.05) is 32.0 Å². The molecule has 84 valence electrons. The van der Waals surface area contributed by atoms with E-state index in [1.165, 1.54) is 0 Å². The molecule has 0 aliphatic rings. The van der Waals surface area contributed by atoms with E-state index in [-0.39, 0.29) is 11.8 Å². The van der Waals surface area contributed by atoms with Gasteiger partial charge >= 0.3 is 0 Å². The maximum atomic E-state index is 11.4. The first-order chi connectivity index (χ1) is 7.66. The second kappa shape index (κ2) is 4.35. The monoisotopic (exact) mass is 217 g/mol. The lowest BCUT2D eigenvalue weighted by atomic mass is 10.1. The number of H-pyrrole nitrogens is 1. The smallest absolute Gasteiger partial charge is 0.222 e. The summed E-state index contributed by atoms with van der Waals surface area (Å²) in [7, 11) is 0. The Kier molecular flexibility index (Phi) is 2.90. The molecule has 1 aromatic carbocycles. The fourth-order valence-corrected chi connectivity index (χ4v) is 1.49. The Labute approximate surface area is 94.0 Å². The summed E-state index contributed by atoms with van der Waals surface area (Å²) in [6, 6.07) is 6.00. The number of fused-ring (bicyclic) bond motifs is 1. The topological polar surface area (TPSA) is 57.8 Å². The van der Waals surface area contributed by atoms with Gasteiger partial charge in [0.1, 0.15) is 0 Å². The van der Waals surface area contributed by atoms with Crippen molar-refractivity contribution in [2.45, 2.75) is 20.4 Å². The Morgan fingerprint density at radius 3 is 3.06 bits per heavy atom. The first kappa shape index (κ1) is 10.7. The number of amides is 1. The molecule has 2 aromatic rings. The van der Waals surface area contributed by atoms with Gasteiger partial charge in [-0.2, -0.15) is 5.10 Å². The van der Waals surface area contributed by atoms with E-state index >= 15 is 0 Å². The van der Waals surface area contributed by atoms with Crippen LogP contribution >= 0.6 is 0 Å². The van der Waals surface area contributed by atoms with Crippen LogP contribution in [0.1, 0.15) is 19.4 Å². The van der Waals surface area contributed by atoms with E-state index in [0.29, 0.717) is 6.54 Å². The molecule has 0 unspecified atom stereocenters. The molecule has 1 heterocycles. The first-order valence-corrected chi connectivity index (χ1v) is 5.36. The van der Waals surface area contributed by atoms with Crippen LogP contribution in [0.2, 0.25) is 0 Å². The third kappa shape index (κ3) is 2.21. The summed E-state index contributed by atoms with van der Waals surface area (Å²) in [5.41, 5.74) is 2.07. The standard InChI is InChI=1S/C12H15N3O/c1-8(2)12(16)13-6-9-3-4-10-7-14-15-11(10)5-9/h3-5,7-8H,6H2,1-2H3,(H,13,16)(H,14,15). The van der Waals surface area contributed by atoms with E-state index in [1.54, 1.807) is 6.20 Å². The van der Waals surface area contributed by atoms with Crippen LogP contribution in [0.3, 0.4) is 0 Å². The Balaban J connectivity index is 2.06. The largest absolute Gasteiger partial charge is 0.352 e. The summed E-state index contributed by atoms with van der Waals surface area (Å²) in [5.74, 6) is 0.0978. The van der Waals surface area contributed by atoms with E-state index in [2.05, 4.69) is 15.5 Å². The molecule has 0 radical (unpaired) electrons. The molecule has 4 heteroatoms. The van der Waals surface area contributed by atoms with Crippen molar-refractivity contribution in [1.82, 2.24) is 15.5 Å². The minimum absolute atomic E-state index is 0.0240. The van der Waals surface area contributed by atoms with Crippen molar-refractivity contribution < 1.29 is 4.79 Å². The van der Waals surface area contributed by atoms with Crippen LogP contribution in [0.15, 0.2) is 24.4 Å². The average Bonchev–Trinajstić information content (AvgIpc) is 2.72. The second-order valence-corrected chi connectivity index (χ2v) is 4.16. The molecule has 0 spiro atoms. The number of aromatic nitrogens is 2. The highest BCUT2D eigenvalue weighted by Gasteiger charge is 2.06. The van der Waals surface area contributed by atoms with Gasteiger partial charge in [-0.05, 0) is 11.6 Å². The highest BCUT2D eigenvalue weighted by Crippen LogP contribution is 2.12. The van der Waals surface area contributed by atoms with Gasteiger partial charge in [0, 0.05) is 17.8 Å². The van der Waals surface area contributed by atoms with Gasteiger partial charge in [0.25, 0.3) is 0 Å². The Morgan fingerprint density at radius 1 is 1.50 bits per heavy atom. The van der Waals surface area contributed by atoms with Gasteiger partial charge in [0.2, 0.25) is 5.91 Å². The summed E-state index contributed by atoms with van der Waals surface area (Å²) in [6.45, 7) is 4.33. The fraction of sp³-hybridized carbons (Fsp3) is 0.333. The zero-order valence-electron chi connectivity index (χ0n) is 9.45. The van der Waals surface area contributed by atoms with Gasteiger partial charge in [0.15, 0.2) is 0 Å². The molecule has 0 fully saturated rings. The Hall–Kier alpha value is -1.84. The molecule has 2 rings (SSSR count). The van der Waals surface area contributed by atoms with Crippen molar-refractivity contribution in [2.24, 2.45) is 5.92 Å². The molecule has 16 heavy (non-hydrogen) atoms. The number of hydrogen-bond acceptors (Lipinski definition) is 2. The molecule has 0 atom stereocenters. The van der Waals surface area contributed by atoms with Crippen LogP contribution in [-0.2, 0) is 11.3 Å². The van der Waals surface area contributed by atoms with E-state index < -0.39 is 0 Å². The van der Waals surface area contributed by atoms with Crippen molar-refractivity contribution in [1.29, 1.82) is 0 Å². The molecule has 0 aliphatic carbocycles. The molecule has 2 N–H and O–H groups in total. The zero-order chi connectivity index (χ0) is 11.5. The summed E-state index contributed by atoms with van der Waals surface area (Å²) >= 11 is 0. The number of carbonyl (C=O) groups is 1. The average molecular weight is 217 g/mol. The maximum absolute atomic E-state index is 11.4. The molecular weight excluding hydrogens is 202 g/mol. The van der Waals surface area contributed by atoms with E-state index in [9.17, 15) is 4.79 Å². The number of rotatable bonds is 3. The van der Waals surface area contributed by atoms with Crippen molar-refractivity contribution in [2.75, 3.05) is 0 Å². The van der Waals surface area contributed by atoms with Crippen molar-refractivity contribution in [3.05, 3.63) is 30.0 Å². The van der Waals surface area contributed by atoms with Crippen molar-refractivity contribution in [3.63, 3.8) is 0 Å². The minimum Gasteiger partial charge on any atom is -0.352 e. The quantitative estimate of drug-likeness (QED) is 0.824. The lowest BCUT2D eigenvalue weighted by Crippen LogP contribution is -2.27. The minimum atomic E-state index is 0.0240. The number of aromatic amines is 1. The molecule has 0 bridgehead atoms. The molecule has 1 aromatic heterocycles. The van der Waals surface area contributed by atoms with Gasteiger partial charge in [-0.3, -0.25) is 9.89 Å². The third-order valence-electron chi connectivity index (χ3n) is 2.50. The molecule has 1 amide bonds. The number of carbonyl (C=O) groups excluding carboxylic acids is 1. The SMILES string of the molecule is CC(C)C(=O)NCc1ccc2cn[nH]c2c1. The fourth-order valence-electron chi connectivity index (χ4n) is 1.49. The highest BCUT2D eigenvalue weighted by molar-refractivity contribution is 5.79. The number of benzene rings is 1. The lowest BCUT2D eigenvalue weighted by Gasteiger charge is -2.07. The van der Waals surface area contributed by atoms with Crippen LogP contribution in [0.5, 0.6) is 0 Å². The normalized spacial score (nSPS) is 10.9. The van der Waals surface area contributed by atoms with E-state index in [0.717, 1.165) is 16.5 Å². The lowest BCUT2D eigenvalue weighted by molar-refractivity contribution is -0.124. The first-order valence-electron chi connectivity index (χ1n) is 5.36. The predicted octanol–water partition coefficient (Wildman–Crippen LogP) is 1.84. The third-order valence-corrected chi connectivity index (χ3v) is 2.50. The van der Waals surface area contributed by atoms with Gasteiger partial charge in [0.05, 0.1) is 11.7 Å². The molecular formula is C12H15N3O. The summed E-state index contributed by atoms with van der Waals surface area (Å²) < 4.78 is 0. The van der Waals surface area contributed by atoms with Crippen LogP contribution < -0.4 is 5.32 Å². The number of nitrogens with zero attached hydrogens (tertiary/aromatic N) is 1. The van der Waals surface area contributed by atoms with Gasteiger partial charge in [-0.15, -0.1) is 0 Å². The van der Waals surface area contributed by atoms with Gasteiger partial charge in [-0.1, -0.05) is 26.0 Å². The molecule has 4 nitrogen and oxygen atoms in total. The number of hydrogen-bond donors (Lipinski definition) is 2. The highest BCUT2D eigenvalue weighted by atomic mass is 16.1. The Bertz CT molecular complexity index is 502. The molecule has 0 aliphatic heterocycles. The van der Waals surface area contributed by atoms with E-state index in [4.69, 9.17) is 0 Å². The summed E-state index contributed by atoms with van der Waals surface area (Å²) in [5, 5.41) is 10.8. The van der Waals surface area contributed by atoms with Gasteiger partial charge in [-0.25, -0.2) is 0 Å². The van der Waals surface area contributed by atoms with Gasteiger partial charge < -0.3 is 5.32 Å².